The van der Waals surface area contributed by atoms with Gasteiger partial charge in [-0.05, 0) is 46.4 Å². The van der Waals surface area contributed by atoms with Crippen molar-refractivity contribution < 1.29 is 100 Å². The van der Waals surface area contributed by atoms with Crippen LogP contribution in [0.2, 0.25) is 0 Å². The van der Waals surface area contributed by atoms with Gasteiger partial charge in [-0.15, -0.1) is 0 Å². The molecule has 5 N–H and O–H groups in total. The summed E-state index contributed by atoms with van der Waals surface area (Å²) in [7, 11) is 3.01. The van der Waals surface area contributed by atoms with Crippen LogP contribution in [-0.4, -0.2) is 73.8 Å². The van der Waals surface area contributed by atoms with E-state index in [0.717, 1.165) is 0 Å². The smallest absolute Gasteiger partial charge is 0.324 e. The van der Waals surface area contributed by atoms with Gasteiger partial charge in [0.1, 0.15) is 12.8 Å². The molecule has 360 valence electrons. The average Bonchev–Trinajstić information content (AvgIpc) is 3.35. The van der Waals surface area contributed by atoms with Crippen LogP contribution in [-0.2, 0) is 90.0 Å². The van der Waals surface area contributed by atoms with E-state index in [0.29, 0.717) is 19.4 Å². The zero-order chi connectivity index (χ0) is 49.8. The summed E-state index contributed by atoms with van der Waals surface area (Å²) in [6.07, 6.45) is 2.20. The maximum atomic E-state index is 10.5. The zero-order valence-electron chi connectivity index (χ0n) is 38.8. The second-order valence-corrected chi connectivity index (χ2v) is 10.1. The van der Waals surface area contributed by atoms with Crippen LogP contribution in [0.1, 0.15) is 67.7 Å². The normalized spacial score (nSPS) is 9.48. The molecular formula is C50H62N2O12W2-4. The van der Waals surface area contributed by atoms with E-state index in [1.807, 2.05) is 41.5 Å². The summed E-state index contributed by atoms with van der Waals surface area (Å²) in [4.78, 5) is 76.5. The number of fused-ring (bicyclic) bond motifs is 3. The third kappa shape index (κ3) is 43.1. The molecule has 0 saturated carbocycles. The molecule has 1 heterocycles. The van der Waals surface area contributed by atoms with Crippen LogP contribution in [0.5, 0.6) is 0 Å². The molecule has 1 aliphatic rings. The minimum Gasteiger partial charge on any atom is -0.665 e. The summed E-state index contributed by atoms with van der Waals surface area (Å²) in [6.45, 7) is 14.8. The average molecular weight is 1250 g/mol. The number of amides is 1. The number of carbonyl (C=O) groups is 4. The van der Waals surface area contributed by atoms with Crippen LogP contribution in [0.4, 0.5) is 0 Å². The van der Waals surface area contributed by atoms with Crippen molar-refractivity contribution in [3.8, 4) is 0 Å². The van der Waals surface area contributed by atoms with E-state index in [2.05, 4.69) is 166 Å². The zero-order valence-corrected chi connectivity index (χ0v) is 44.7. The predicted octanol–water partition coefficient (Wildman–Crippen LogP) is 9.09. The third-order valence-corrected chi connectivity index (χ3v) is 6.26. The Kier molecular flexibility index (Phi) is 66.1. The van der Waals surface area contributed by atoms with Crippen molar-refractivity contribution in [2.45, 2.75) is 67.7 Å². The van der Waals surface area contributed by atoms with Crippen molar-refractivity contribution in [3.05, 3.63) is 146 Å². The molecule has 16 heteroatoms. The fourth-order valence-electron chi connectivity index (χ4n) is 4.03. The van der Waals surface area contributed by atoms with Gasteiger partial charge in [0.2, 0.25) is 0 Å². The van der Waals surface area contributed by atoms with Gasteiger partial charge in [0.05, 0.1) is 0 Å². The molecule has 1 aliphatic heterocycles. The number of aliphatic hydroxyl groups excluding tert-OH is 2. The molecule has 0 aromatic heterocycles. The standard InChI is InChI=1S/3C10H8.C6H4O6.C3H5O.C2H4NO.3C2H6.CH5N.2CHO2.2W/c3*1-2-6-10-8-4-3-7-9(10)5-1;7-3-1-4(8)12-6(10)2-5(9)11-3;1-2-3-4;1-3-2-4;4*1-2;2*2-1-3;;/h3*1-8H;1-2H2;2H2,1H3;1H3,(H,3,4);3*1-2H3;2H2,1H3;2*(H,2,3);;/q;;;;2*-1;;;;;2*-1;;. The molecule has 0 spiro atoms. The number of nitrogens with two attached hydrogens (primary N) is 1. The minimum absolute atomic E-state index is 0. The molecule has 0 aliphatic carbocycles. The summed E-state index contributed by atoms with van der Waals surface area (Å²) in [5.74, 6) is -4.01. The van der Waals surface area contributed by atoms with Gasteiger partial charge >= 0.3 is 23.9 Å². The first-order valence-corrected chi connectivity index (χ1v) is 19.9. The minimum atomic E-state index is -1.00. The molecule has 0 unspecified atom stereocenters. The van der Waals surface area contributed by atoms with E-state index < -0.39 is 36.7 Å². The van der Waals surface area contributed by atoms with Crippen LogP contribution in [0.15, 0.2) is 146 Å². The molecule has 0 bridgehead atoms. The van der Waals surface area contributed by atoms with Crippen LogP contribution in [0, 0.1) is 0 Å². The van der Waals surface area contributed by atoms with Crippen molar-refractivity contribution in [2.24, 2.45) is 5.73 Å². The number of hydrogen-bond acceptors (Lipinski definition) is 11. The molecule has 7 rings (SSSR count). The van der Waals surface area contributed by atoms with Gasteiger partial charge < -0.3 is 49.9 Å². The number of ether oxygens (including phenoxy) is 2. The van der Waals surface area contributed by atoms with Gasteiger partial charge in [-0.25, -0.2) is 0 Å². The predicted molar refractivity (Wildman–Crippen MR) is 255 cm³/mol. The summed E-state index contributed by atoms with van der Waals surface area (Å²) in [5.41, 5.74) is 4.50. The second kappa shape index (κ2) is 58.8. The Morgan fingerprint density at radius 1 is 0.455 bits per heavy atom. The number of hydrogen-bond donors (Lipinski definition) is 4. The van der Waals surface area contributed by atoms with Crippen molar-refractivity contribution >= 4 is 81.8 Å². The molecular weight excluding hydrogens is 1190 g/mol. The van der Waals surface area contributed by atoms with Gasteiger partial charge in [-0.2, -0.15) is 12.8 Å². The van der Waals surface area contributed by atoms with E-state index in [1.165, 1.54) is 52.8 Å². The van der Waals surface area contributed by atoms with Crippen LogP contribution in [0.3, 0.4) is 0 Å². The third-order valence-electron chi connectivity index (χ3n) is 6.26. The summed E-state index contributed by atoms with van der Waals surface area (Å²) >= 11 is 0. The van der Waals surface area contributed by atoms with Gasteiger partial charge in [0.15, 0.2) is 0 Å². The van der Waals surface area contributed by atoms with Crippen LogP contribution in [0.25, 0.3) is 32.3 Å². The molecule has 66 heavy (non-hydrogen) atoms. The van der Waals surface area contributed by atoms with Crippen LogP contribution >= 0.6 is 0 Å². The Morgan fingerprint density at radius 2 is 0.576 bits per heavy atom. The first-order chi connectivity index (χ1) is 31.1. The SMILES string of the molecule is CC.CC.CC.CC[C-]=O.CN.CN[C-]=O.O=C1CC(=O)OC(=O)CC(=O)O1.O=[C-]O.O=[C-]O.[W].[W].c1ccc2ccccc2c1.c1ccc2ccccc2c1.c1ccc2ccccc2c1. The summed E-state index contributed by atoms with van der Waals surface area (Å²) in [6, 6.07) is 50.1. The van der Waals surface area contributed by atoms with E-state index >= 15 is 0 Å². The van der Waals surface area contributed by atoms with Crippen molar-refractivity contribution in [1.29, 1.82) is 0 Å². The second-order valence-electron chi connectivity index (χ2n) is 10.1. The van der Waals surface area contributed by atoms with Gasteiger partial charge in [-0.1, -0.05) is 207 Å². The quantitative estimate of drug-likeness (QED) is 0.0549. The van der Waals surface area contributed by atoms with E-state index in [1.54, 1.807) is 13.2 Å². The molecule has 14 nitrogen and oxygen atoms in total. The number of carbonyl (C=O) groups excluding carboxylic acids is 6. The molecule has 1 amide bonds. The number of esters is 4. The monoisotopic (exact) mass is 1250 g/mol. The molecule has 0 atom stereocenters. The van der Waals surface area contributed by atoms with Crippen molar-refractivity contribution in [1.82, 2.24) is 5.32 Å². The van der Waals surface area contributed by atoms with Crippen molar-refractivity contribution in [2.75, 3.05) is 14.1 Å². The molecule has 1 fully saturated rings. The van der Waals surface area contributed by atoms with Gasteiger partial charge in [-0.3, -0.25) is 25.5 Å². The maximum absolute atomic E-state index is 10.5. The number of rotatable bonds is 2. The first-order valence-electron chi connectivity index (χ1n) is 19.9. The Bertz CT molecular complexity index is 1650. The van der Waals surface area contributed by atoms with Gasteiger partial charge in [0.25, 0.3) is 0 Å². The molecule has 1 saturated heterocycles. The van der Waals surface area contributed by atoms with Gasteiger partial charge in [0, 0.05) is 42.1 Å². The topological polar surface area (TPSA) is 234 Å². The summed E-state index contributed by atoms with van der Waals surface area (Å²) in [5, 5.41) is 23.5. The van der Waals surface area contributed by atoms with E-state index in [-0.39, 0.29) is 42.1 Å². The number of cyclic esters (lactones) is 4. The van der Waals surface area contributed by atoms with E-state index in [9.17, 15) is 19.2 Å². The van der Waals surface area contributed by atoms with E-state index in [4.69, 9.17) is 29.4 Å². The Hall–Kier alpha value is -6.20. The molecule has 0 radical (unpaired) electrons. The number of benzene rings is 6. The Labute approximate surface area is 418 Å². The first kappa shape index (κ1) is 74.2. The summed E-state index contributed by atoms with van der Waals surface area (Å²) < 4.78 is 8.06. The molecule has 6 aromatic rings. The van der Waals surface area contributed by atoms with Crippen LogP contribution < -0.4 is 11.1 Å². The molecule has 6 aromatic carbocycles. The Balaban J connectivity index is -0.000000122. The van der Waals surface area contributed by atoms with Crippen molar-refractivity contribution in [3.63, 3.8) is 0 Å². The fourth-order valence-corrected chi connectivity index (χ4v) is 4.03. The Morgan fingerprint density at radius 3 is 0.667 bits per heavy atom. The fraction of sp³-hybridized carbons (Fsp3) is 0.240. The largest absolute Gasteiger partial charge is 0.665 e. The number of nitrogens with one attached hydrogen (secondary N) is 1. The maximum Gasteiger partial charge on any atom is 0.324 e.